The van der Waals surface area contributed by atoms with Crippen molar-refractivity contribution in [1.82, 2.24) is 4.90 Å². The number of carbonyl (C=O) groups excluding carboxylic acids is 3. The maximum atomic E-state index is 12.5. The van der Waals surface area contributed by atoms with Crippen molar-refractivity contribution in [2.75, 3.05) is 11.9 Å². The Morgan fingerprint density at radius 1 is 1.26 bits per heavy atom. The number of aromatic hydroxyl groups is 1. The number of benzene rings is 2. The molecule has 1 heterocycles. The van der Waals surface area contributed by atoms with Gasteiger partial charge in [0.1, 0.15) is 12.3 Å². The number of rotatable bonds is 4. The van der Waals surface area contributed by atoms with Gasteiger partial charge >= 0.3 is 0 Å². The number of para-hydroxylation sites is 1. The van der Waals surface area contributed by atoms with Crippen molar-refractivity contribution in [2.24, 2.45) is 0 Å². The Balaban J connectivity index is 1.74. The van der Waals surface area contributed by atoms with E-state index in [2.05, 4.69) is 21.2 Å². The fraction of sp³-hybridized carbons (Fsp3) is 0.0556. The molecule has 1 fully saturated rings. The molecule has 1 aliphatic rings. The van der Waals surface area contributed by atoms with Gasteiger partial charge in [-0.2, -0.15) is 0 Å². The lowest BCUT2D eigenvalue weighted by Gasteiger charge is -2.13. The van der Waals surface area contributed by atoms with Crippen LogP contribution in [0.3, 0.4) is 0 Å². The van der Waals surface area contributed by atoms with E-state index in [1.807, 2.05) is 0 Å². The summed E-state index contributed by atoms with van der Waals surface area (Å²) >= 11 is 9.97. The van der Waals surface area contributed by atoms with E-state index < -0.39 is 23.6 Å². The third-order valence-electron chi connectivity index (χ3n) is 3.60. The normalized spacial score (nSPS) is 15.5. The predicted molar refractivity (Wildman–Crippen MR) is 109 cm³/mol. The number of phenols is 1. The number of hydrogen-bond acceptors (Lipinski definition) is 5. The zero-order valence-corrected chi connectivity index (χ0v) is 16.8. The molecule has 3 rings (SSSR count). The van der Waals surface area contributed by atoms with Crippen LogP contribution in [0.25, 0.3) is 6.08 Å². The summed E-state index contributed by atoms with van der Waals surface area (Å²) in [6, 6.07) is 11.4. The number of nitrogens with zero attached hydrogens (tertiary/aromatic N) is 1. The summed E-state index contributed by atoms with van der Waals surface area (Å²) in [4.78, 5) is 37.8. The topological polar surface area (TPSA) is 86.7 Å². The Labute approximate surface area is 172 Å². The van der Waals surface area contributed by atoms with Crippen molar-refractivity contribution in [3.63, 3.8) is 0 Å². The zero-order chi connectivity index (χ0) is 19.6. The van der Waals surface area contributed by atoms with Crippen molar-refractivity contribution in [1.29, 1.82) is 0 Å². The van der Waals surface area contributed by atoms with E-state index >= 15 is 0 Å². The van der Waals surface area contributed by atoms with E-state index in [9.17, 15) is 19.5 Å². The van der Waals surface area contributed by atoms with Gasteiger partial charge in [0.25, 0.3) is 11.1 Å². The Bertz CT molecular complexity index is 980. The van der Waals surface area contributed by atoms with Crippen LogP contribution in [0.2, 0.25) is 5.02 Å². The first-order chi connectivity index (χ1) is 12.8. The van der Waals surface area contributed by atoms with Crippen molar-refractivity contribution in [3.8, 4) is 5.75 Å². The lowest BCUT2D eigenvalue weighted by Crippen LogP contribution is -2.36. The minimum Gasteiger partial charge on any atom is -0.507 e. The number of hydrogen-bond donors (Lipinski definition) is 2. The molecule has 0 saturated carbocycles. The molecule has 0 unspecified atom stereocenters. The first-order valence-electron chi connectivity index (χ1n) is 7.63. The monoisotopic (exact) mass is 466 g/mol. The number of nitrogens with one attached hydrogen (secondary N) is 1. The molecular weight excluding hydrogens is 456 g/mol. The number of carbonyl (C=O) groups is 3. The van der Waals surface area contributed by atoms with E-state index in [0.29, 0.717) is 32.5 Å². The lowest BCUT2D eigenvalue weighted by atomic mass is 10.2. The maximum Gasteiger partial charge on any atom is 0.294 e. The first kappa shape index (κ1) is 19.5. The van der Waals surface area contributed by atoms with Gasteiger partial charge in [0, 0.05) is 10.0 Å². The highest BCUT2D eigenvalue weighted by Crippen LogP contribution is 2.34. The largest absolute Gasteiger partial charge is 0.507 e. The second kappa shape index (κ2) is 8.16. The molecule has 2 aromatic carbocycles. The van der Waals surface area contributed by atoms with Gasteiger partial charge in [0.05, 0.1) is 15.6 Å². The minimum atomic E-state index is -0.598. The van der Waals surface area contributed by atoms with Gasteiger partial charge in [0.15, 0.2) is 0 Å². The summed E-state index contributed by atoms with van der Waals surface area (Å²) in [5, 5.41) is 12.2. The van der Waals surface area contributed by atoms with Crippen LogP contribution in [-0.2, 0) is 9.59 Å². The average molecular weight is 468 g/mol. The summed E-state index contributed by atoms with van der Waals surface area (Å²) in [5.41, 5.74) is 0.779. The molecular formula is C18H12BrClN2O4S. The van der Waals surface area contributed by atoms with Gasteiger partial charge in [-0.3, -0.25) is 19.3 Å². The quantitative estimate of drug-likeness (QED) is 0.647. The van der Waals surface area contributed by atoms with Crippen molar-refractivity contribution in [3.05, 3.63) is 62.4 Å². The number of imide groups is 1. The van der Waals surface area contributed by atoms with Crippen LogP contribution in [0.5, 0.6) is 5.75 Å². The first-order valence-corrected chi connectivity index (χ1v) is 9.62. The molecule has 138 valence electrons. The Morgan fingerprint density at radius 3 is 2.74 bits per heavy atom. The molecule has 1 aliphatic heterocycles. The lowest BCUT2D eigenvalue weighted by molar-refractivity contribution is -0.127. The van der Waals surface area contributed by atoms with Gasteiger partial charge in [-0.1, -0.05) is 39.7 Å². The molecule has 9 heteroatoms. The van der Waals surface area contributed by atoms with Crippen LogP contribution in [0, 0.1) is 0 Å². The van der Waals surface area contributed by atoms with Gasteiger partial charge in [-0.05, 0) is 48.2 Å². The summed E-state index contributed by atoms with van der Waals surface area (Å²) in [6.45, 7) is -0.433. The third kappa shape index (κ3) is 4.52. The molecule has 27 heavy (non-hydrogen) atoms. The van der Waals surface area contributed by atoms with Crippen LogP contribution in [0.15, 0.2) is 51.8 Å². The fourth-order valence-electron chi connectivity index (χ4n) is 2.31. The standard InChI is InChI=1S/C18H12BrClN2O4S/c19-11-5-6-14(23)10(7-11)8-15-17(25)22(18(26)27-15)9-16(24)21-13-4-2-1-3-12(13)20/h1-8,23H,9H2,(H,21,24)/b15-8+. The number of anilines is 1. The van der Waals surface area contributed by atoms with Gasteiger partial charge < -0.3 is 10.4 Å². The van der Waals surface area contributed by atoms with E-state index in [1.54, 1.807) is 36.4 Å². The highest BCUT2D eigenvalue weighted by Gasteiger charge is 2.36. The SMILES string of the molecule is O=C(CN1C(=O)S/C(=C/c2cc(Br)ccc2O)C1=O)Nc1ccccc1Cl. The van der Waals surface area contributed by atoms with Gasteiger partial charge in [-0.25, -0.2) is 0 Å². The molecule has 0 atom stereocenters. The molecule has 0 bridgehead atoms. The Hall–Kier alpha value is -2.29. The second-order valence-corrected chi connectivity index (χ2v) is 7.82. The molecule has 2 N–H and O–H groups in total. The summed E-state index contributed by atoms with van der Waals surface area (Å²) < 4.78 is 0.713. The van der Waals surface area contributed by atoms with Gasteiger partial charge in [-0.15, -0.1) is 0 Å². The predicted octanol–water partition coefficient (Wildman–Crippen LogP) is 4.48. The number of amides is 3. The highest BCUT2D eigenvalue weighted by molar-refractivity contribution is 9.10. The summed E-state index contributed by atoms with van der Waals surface area (Å²) in [6.07, 6.45) is 1.41. The molecule has 0 aliphatic carbocycles. The van der Waals surface area contributed by atoms with Crippen molar-refractivity contribution < 1.29 is 19.5 Å². The second-order valence-electron chi connectivity index (χ2n) is 5.50. The number of halogens is 2. The van der Waals surface area contributed by atoms with E-state index in [1.165, 1.54) is 12.1 Å². The smallest absolute Gasteiger partial charge is 0.294 e. The van der Waals surface area contributed by atoms with Crippen LogP contribution in [0.4, 0.5) is 10.5 Å². The van der Waals surface area contributed by atoms with Gasteiger partial charge in [0.2, 0.25) is 5.91 Å². The molecule has 0 radical (unpaired) electrons. The molecule has 3 amide bonds. The van der Waals surface area contributed by atoms with E-state index in [4.69, 9.17) is 11.6 Å². The third-order valence-corrected chi connectivity index (χ3v) is 5.33. The fourth-order valence-corrected chi connectivity index (χ4v) is 3.71. The van der Waals surface area contributed by atoms with E-state index in [-0.39, 0.29) is 10.7 Å². The van der Waals surface area contributed by atoms with Crippen LogP contribution in [-0.4, -0.2) is 33.6 Å². The number of phenolic OH excluding ortho intramolecular Hbond substituents is 1. The number of thioether (sulfide) groups is 1. The minimum absolute atomic E-state index is 0.0264. The molecule has 0 spiro atoms. The van der Waals surface area contributed by atoms with Crippen LogP contribution >= 0.6 is 39.3 Å². The average Bonchev–Trinajstić information content (AvgIpc) is 2.87. The zero-order valence-electron chi connectivity index (χ0n) is 13.6. The maximum absolute atomic E-state index is 12.5. The summed E-state index contributed by atoms with van der Waals surface area (Å²) in [5.74, 6) is -1.17. The summed E-state index contributed by atoms with van der Waals surface area (Å²) in [7, 11) is 0. The molecule has 6 nitrogen and oxygen atoms in total. The Kier molecular flexibility index (Phi) is 5.88. The Morgan fingerprint density at radius 2 is 2.00 bits per heavy atom. The van der Waals surface area contributed by atoms with Crippen LogP contribution in [0.1, 0.15) is 5.56 Å². The van der Waals surface area contributed by atoms with Crippen molar-refractivity contribution in [2.45, 2.75) is 0 Å². The molecule has 2 aromatic rings. The van der Waals surface area contributed by atoms with Crippen molar-refractivity contribution >= 4 is 68.1 Å². The van der Waals surface area contributed by atoms with Crippen LogP contribution < -0.4 is 5.32 Å². The van der Waals surface area contributed by atoms with E-state index in [0.717, 1.165) is 4.90 Å². The molecule has 0 aromatic heterocycles. The molecule has 1 saturated heterocycles. The highest BCUT2D eigenvalue weighted by atomic mass is 79.9.